The first kappa shape index (κ1) is 16.3. The van der Waals surface area contributed by atoms with Gasteiger partial charge in [0, 0.05) is 13.2 Å². The van der Waals surface area contributed by atoms with E-state index in [1.54, 1.807) is 6.26 Å². The summed E-state index contributed by atoms with van der Waals surface area (Å²) in [7, 11) is 0. The summed E-state index contributed by atoms with van der Waals surface area (Å²) in [6.07, 6.45) is 6.34. The summed E-state index contributed by atoms with van der Waals surface area (Å²) < 4.78 is 11.2. The average Bonchev–Trinajstić information content (AvgIpc) is 3.30. The third-order valence-corrected chi connectivity index (χ3v) is 4.79. The van der Waals surface area contributed by atoms with Gasteiger partial charge in [0.25, 0.3) is 0 Å². The molecule has 23 heavy (non-hydrogen) atoms. The normalized spacial score (nSPS) is 24.5. The van der Waals surface area contributed by atoms with Crippen molar-refractivity contribution in [1.29, 1.82) is 0 Å². The van der Waals surface area contributed by atoms with Crippen LogP contribution in [0.1, 0.15) is 44.4 Å². The second-order valence-corrected chi connectivity index (χ2v) is 6.47. The van der Waals surface area contributed by atoms with Crippen molar-refractivity contribution in [2.24, 2.45) is 0 Å². The molecule has 2 fully saturated rings. The number of amides is 2. The number of rotatable bonds is 6. The van der Waals surface area contributed by atoms with Gasteiger partial charge in [-0.25, -0.2) is 4.79 Å². The Morgan fingerprint density at radius 2 is 2.22 bits per heavy atom. The zero-order valence-corrected chi connectivity index (χ0v) is 13.8. The van der Waals surface area contributed by atoms with Crippen LogP contribution in [0.2, 0.25) is 0 Å². The van der Waals surface area contributed by atoms with E-state index in [2.05, 4.69) is 15.5 Å². The number of ether oxygens (including phenoxy) is 1. The maximum Gasteiger partial charge on any atom is 0.315 e. The van der Waals surface area contributed by atoms with Gasteiger partial charge in [0.15, 0.2) is 0 Å². The lowest BCUT2D eigenvalue weighted by atomic mass is 10.1. The molecule has 3 unspecified atom stereocenters. The van der Waals surface area contributed by atoms with Crippen LogP contribution in [0.15, 0.2) is 22.8 Å². The maximum atomic E-state index is 12.2. The highest BCUT2D eigenvalue weighted by Gasteiger charge is 2.27. The summed E-state index contributed by atoms with van der Waals surface area (Å²) in [5.74, 6) is 0.916. The second kappa shape index (κ2) is 7.84. The van der Waals surface area contributed by atoms with Crippen molar-refractivity contribution < 1.29 is 13.9 Å². The van der Waals surface area contributed by atoms with E-state index in [1.165, 1.54) is 12.8 Å². The molecule has 6 nitrogen and oxygen atoms in total. The van der Waals surface area contributed by atoms with Crippen LogP contribution in [0, 0.1) is 0 Å². The molecule has 0 saturated carbocycles. The Kier molecular flexibility index (Phi) is 5.56. The van der Waals surface area contributed by atoms with Crippen LogP contribution in [0.5, 0.6) is 0 Å². The van der Waals surface area contributed by atoms with E-state index in [0.29, 0.717) is 6.54 Å². The molecule has 2 N–H and O–H groups in total. The molecule has 0 radical (unpaired) electrons. The first-order chi connectivity index (χ1) is 11.2. The number of carbonyl (C=O) groups is 1. The Morgan fingerprint density at radius 1 is 1.39 bits per heavy atom. The van der Waals surface area contributed by atoms with Crippen molar-refractivity contribution in [3.8, 4) is 0 Å². The first-order valence-corrected chi connectivity index (χ1v) is 8.67. The molecule has 3 rings (SSSR count). The summed E-state index contributed by atoms with van der Waals surface area (Å²) in [4.78, 5) is 14.5. The van der Waals surface area contributed by atoms with Gasteiger partial charge in [-0.1, -0.05) is 0 Å². The topological polar surface area (TPSA) is 66.7 Å². The Bertz CT molecular complexity index is 479. The molecule has 6 heteroatoms. The smallest absolute Gasteiger partial charge is 0.315 e. The highest BCUT2D eigenvalue weighted by molar-refractivity contribution is 5.74. The van der Waals surface area contributed by atoms with Crippen molar-refractivity contribution in [1.82, 2.24) is 15.5 Å². The van der Waals surface area contributed by atoms with Crippen LogP contribution >= 0.6 is 0 Å². The van der Waals surface area contributed by atoms with E-state index in [-0.39, 0.29) is 24.2 Å². The highest BCUT2D eigenvalue weighted by Crippen LogP contribution is 2.24. The minimum absolute atomic E-state index is 0.0337. The van der Waals surface area contributed by atoms with Crippen LogP contribution in [-0.2, 0) is 4.74 Å². The van der Waals surface area contributed by atoms with Gasteiger partial charge in [0.1, 0.15) is 5.76 Å². The molecule has 3 heterocycles. The number of urea groups is 1. The molecule has 1 aromatic heterocycles. The summed E-state index contributed by atoms with van der Waals surface area (Å²) in [5, 5.41) is 5.98. The molecule has 0 aromatic carbocycles. The molecular weight excluding hydrogens is 294 g/mol. The van der Waals surface area contributed by atoms with Crippen molar-refractivity contribution in [2.45, 2.75) is 50.8 Å². The van der Waals surface area contributed by atoms with Crippen LogP contribution in [0.4, 0.5) is 4.79 Å². The fraction of sp³-hybridized carbons (Fsp3) is 0.706. The molecule has 3 atom stereocenters. The van der Waals surface area contributed by atoms with Crippen LogP contribution in [0.25, 0.3) is 0 Å². The lowest BCUT2D eigenvalue weighted by Gasteiger charge is -2.27. The zero-order chi connectivity index (χ0) is 16.1. The van der Waals surface area contributed by atoms with Crippen molar-refractivity contribution in [2.75, 3.05) is 26.2 Å². The average molecular weight is 321 g/mol. The number of hydrogen-bond acceptors (Lipinski definition) is 4. The Balaban J connectivity index is 1.50. The summed E-state index contributed by atoms with van der Waals surface area (Å²) in [6.45, 7) is 5.47. The standard InChI is InChI=1S/C17H27N3O3/c1-13(15-6-4-10-22-15)19-17(21)18-12-14(16-7-5-11-23-16)20-8-2-3-9-20/h5,7,11,13-15H,2-4,6,8-10,12H2,1H3,(H2,18,19,21). The molecule has 1 aromatic rings. The minimum atomic E-state index is -0.135. The van der Waals surface area contributed by atoms with Crippen LogP contribution in [0.3, 0.4) is 0 Å². The number of likely N-dealkylation sites (tertiary alicyclic amines) is 1. The highest BCUT2D eigenvalue weighted by atomic mass is 16.5. The number of carbonyl (C=O) groups excluding carboxylic acids is 1. The van der Waals surface area contributed by atoms with E-state index in [4.69, 9.17) is 9.15 Å². The maximum absolute atomic E-state index is 12.2. The number of furan rings is 1. The van der Waals surface area contributed by atoms with Gasteiger partial charge in [-0.3, -0.25) is 4.90 Å². The van der Waals surface area contributed by atoms with Gasteiger partial charge >= 0.3 is 6.03 Å². The predicted octanol–water partition coefficient (Wildman–Crippen LogP) is 2.28. The van der Waals surface area contributed by atoms with Crippen LogP contribution in [-0.4, -0.2) is 49.3 Å². The molecule has 2 aliphatic heterocycles. The molecule has 2 aliphatic rings. The second-order valence-electron chi connectivity index (χ2n) is 6.47. The SMILES string of the molecule is CC(NC(=O)NCC(c1ccco1)N1CCCC1)C1CCCO1. The van der Waals surface area contributed by atoms with Gasteiger partial charge in [0.05, 0.1) is 24.5 Å². The lowest BCUT2D eigenvalue weighted by molar-refractivity contribution is 0.0858. The Labute approximate surface area is 137 Å². The molecular formula is C17H27N3O3. The molecule has 128 valence electrons. The molecule has 2 saturated heterocycles. The molecule has 0 bridgehead atoms. The zero-order valence-electron chi connectivity index (χ0n) is 13.8. The van der Waals surface area contributed by atoms with Gasteiger partial charge < -0.3 is 19.8 Å². The van der Waals surface area contributed by atoms with Gasteiger partial charge in [-0.2, -0.15) is 0 Å². The van der Waals surface area contributed by atoms with Crippen molar-refractivity contribution >= 4 is 6.03 Å². The number of nitrogens with one attached hydrogen (secondary N) is 2. The third kappa shape index (κ3) is 4.26. The van der Waals surface area contributed by atoms with Gasteiger partial charge in [-0.15, -0.1) is 0 Å². The fourth-order valence-electron chi connectivity index (χ4n) is 3.48. The summed E-state index contributed by atoms with van der Waals surface area (Å²) in [6, 6.07) is 3.89. The van der Waals surface area contributed by atoms with Crippen molar-refractivity contribution in [3.63, 3.8) is 0 Å². The van der Waals surface area contributed by atoms with E-state index in [0.717, 1.165) is 38.3 Å². The third-order valence-electron chi connectivity index (χ3n) is 4.79. The first-order valence-electron chi connectivity index (χ1n) is 8.67. The van der Waals surface area contributed by atoms with Gasteiger partial charge in [0.2, 0.25) is 0 Å². The summed E-state index contributed by atoms with van der Waals surface area (Å²) >= 11 is 0. The predicted molar refractivity (Wildman–Crippen MR) is 87.2 cm³/mol. The lowest BCUT2D eigenvalue weighted by Crippen LogP contribution is -2.47. The molecule has 2 amide bonds. The Hall–Kier alpha value is -1.53. The quantitative estimate of drug-likeness (QED) is 0.843. The fourth-order valence-corrected chi connectivity index (χ4v) is 3.48. The van der Waals surface area contributed by atoms with Gasteiger partial charge in [-0.05, 0) is 57.8 Å². The van der Waals surface area contributed by atoms with Crippen molar-refractivity contribution in [3.05, 3.63) is 24.2 Å². The largest absolute Gasteiger partial charge is 0.468 e. The van der Waals surface area contributed by atoms with E-state index in [9.17, 15) is 4.79 Å². The monoisotopic (exact) mass is 321 g/mol. The number of nitrogens with zero attached hydrogens (tertiary/aromatic N) is 1. The van der Waals surface area contributed by atoms with E-state index < -0.39 is 0 Å². The van der Waals surface area contributed by atoms with E-state index in [1.807, 2.05) is 19.1 Å². The minimum Gasteiger partial charge on any atom is -0.468 e. The van der Waals surface area contributed by atoms with Crippen LogP contribution < -0.4 is 10.6 Å². The van der Waals surface area contributed by atoms with E-state index >= 15 is 0 Å². The summed E-state index contributed by atoms with van der Waals surface area (Å²) in [5.41, 5.74) is 0. The molecule has 0 spiro atoms. The number of hydrogen-bond donors (Lipinski definition) is 2. The Morgan fingerprint density at radius 3 is 2.87 bits per heavy atom. The molecule has 0 aliphatic carbocycles.